The molecule has 0 spiro atoms. The van der Waals surface area contributed by atoms with Crippen LogP contribution in [0, 0.1) is 6.92 Å². The first-order valence-corrected chi connectivity index (χ1v) is 9.55. The van der Waals surface area contributed by atoms with Crippen molar-refractivity contribution in [3.05, 3.63) is 54.1 Å². The fraction of sp³-hybridized carbons (Fsp3) is 0.455. The minimum Gasteiger partial charge on any atom is -0.489 e. The first-order chi connectivity index (χ1) is 12.7. The van der Waals surface area contributed by atoms with E-state index >= 15 is 0 Å². The van der Waals surface area contributed by atoms with Gasteiger partial charge in [-0.3, -0.25) is 0 Å². The zero-order valence-corrected chi connectivity index (χ0v) is 15.7. The quantitative estimate of drug-likeness (QED) is 0.700. The molecule has 2 atom stereocenters. The highest BCUT2D eigenvalue weighted by Gasteiger charge is 2.17. The summed E-state index contributed by atoms with van der Waals surface area (Å²) >= 11 is 0. The molecular weight excluding hydrogens is 326 g/mol. The lowest BCUT2D eigenvalue weighted by molar-refractivity contribution is 0.0682. The average Bonchev–Trinajstić information content (AvgIpc) is 3.19. The number of hydrogen-bond acceptors (Lipinski definition) is 4. The van der Waals surface area contributed by atoms with Crippen LogP contribution in [0.15, 0.2) is 48.5 Å². The van der Waals surface area contributed by atoms with Gasteiger partial charge in [-0.25, -0.2) is 0 Å². The van der Waals surface area contributed by atoms with Gasteiger partial charge in [0.05, 0.1) is 18.3 Å². The first-order valence-electron chi connectivity index (χ1n) is 9.55. The van der Waals surface area contributed by atoms with E-state index in [1.807, 2.05) is 36.4 Å². The monoisotopic (exact) mass is 355 g/mol. The molecule has 0 bridgehead atoms. The molecule has 1 aliphatic heterocycles. The number of rotatable bonds is 9. The second-order valence-corrected chi connectivity index (χ2v) is 6.78. The molecule has 3 rings (SSSR count). The number of anilines is 1. The molecule has 2 aromatic carbocycles. The van der Waals surface area contributed by atoms with E-state index in [2.05, 4.69) is 31.3 Å². The van der Waals surface area contributed by atoms with Gasteiger partial charge >= 0.3 is 0 Å². The topological polar surface area (TPSA) is 39.7 Å². The zero-order chi connectivity index (χ0) is 18.2. The fourth-order valence-corrected chi connectivity index (χ4v) is 3.00. The molecule has 1 fully saturated rings. The van der Waals surface area contributed by atoms with Crippen molar-refractivity contribution in [1.29, 1.82) is 0 Å². The summed E-state index contributed by atoms with van der Waals surface area (Å²) in [5.74, 6) is 1.78. The van der Waals surface area contributed by atoms with Gasteiger partial charge in [0.15, 0.2) is 0 Å². The normalized spacial score (nSPS) is 17.7. The van der Waals surface area contributed by atoms with Crippen molar-refractivity contribution in [3.8, 4) is 11.5 Å². The lowest BCUT2D eigenvalue weighted by Gasteiger charge is -2.20. The molecule has 1 saturated heterocycles. The standard InChI is InChI=1S/C22H29NO3/c1-3-18(26-19-12-10-17(2)11-13-19)15-23-21-8-4-5-9-22(21)25-16-20-7-6-14-24-20/h4-5,8-13,18,20,23H,3,6-7,14-16H2,1-2H3. The smallest absolute Gasteiger partial charge is 0.142 e. The van der Waals surface area contributed by atoms with E-state index in [0.717, 1.165) is 49.6 Å². The van der Waals surface area contributed by atoms with E-state index in [0.29, 0.717) is 6.61 Å². The molecule has 140 valence electrons. The third-order valence-electron chi connectivity index (χ3n) is 4.64. The largest absolute Gasteiger partial charge is 0.489 e. The Bertz CT molecular complexity index is 665. The second kappa shape index (κ2) is 9.48. The molecule has 2 unspecified atom stereocenters. The van der Waals surface area contributed by atoms with Crippen molar-refractivity contribution in [2.75, 3.05) is 25.1 Å². The lowest BCUT2D eigenvalue weighted by Crippen LogP contribution is -2.25. The van der Waals surface area contributed by atoms with Crippen molar-refractivity contribution >= 4 is 5.69 Å². The zero-order valence-electron chi connectivity index (χ0n) is 15.7. The highest BCUT2D eigenvalue weighted by Crippen LogP contribution is 2.25. The number of benzene rings is 2. The van der Waals surface area contributed by atoms with Crippen molar-refractivity contribution < 1.29 is 14.2 Å². The Morgan fingerprint density at radius 1 is 1.15 bits per heavy atom. The number of aryl methyl sites for hydroxylation is 1. The minimum atomic E-state index is 0.101. The Labute approximate surface area is 156 Å². The third-order valence-corrected chi connectivity index (χ3v) is 4.64. The van der Waals surface area contributed by atoms with E-state index in [9.17, 15) is 0 Å². The average molecular weight is 355 g/mol. The van der Waals surface area contributed by atoms with E-state index in [-0.39, 0.29) is 12.2 Å². The van der Waals surface area contributed by atoms with E-state index in [1.165, 1.54) is 5.56 Å². The number of para-hydroxylation sites is 2. The molecule has 2 aromatic rings. The van der Waals surface area contributed by atoms with Gasteiger partial charge in [0.2, 0.25) is 0 Å². The number of hydrogen-bond donors (Lipinski definition) is 1. The van der Waals surface area contributed by atoms with E-state index < -0.39 is 0 Å². The van der Waals surface area contributed by atoms with Gasteiger partial charge in [-0.15, -0.1) is 0 Å². The lowest BCUT2D eigenvalue weighted by atomic mass is 10.2. The van der Waals surface area contributed by atoms with Crippen molar-refractivity contribution in [3.63, 3.8) is 0 Å². The van der Waals surface area contributed by atoms with Crippen LogP contribution in [-0.2, 0) is 4.74 Å². The maximum atomic E-state index is 6.10. The Balaban J connectivity index is 1.54. The molecule has 1 heterocycles. The Kier molecular flexibility index (Phi) is 6.78. The molecule has 0 saturated carbocycles. The molecule has 4 nitrogen and oxygen atoms in total. The van der Waals surface area contributed by atoms with Crippen molar-refractivity contribution in [2.45, 2.75) is 45.3 Å². The summed E-state index contributed by atoms with van der Waals surface area (Å²) in [7, 11) is 0. The Hall–Kier alpha value is -2.20. The summed E-state index contributed by atoms with van der Waals surface area (Å²) in [6.45, 7) is 6.40. The van der Waals surface area contributed by atoms with Crippen molar-refractivity contribution in [2.24, 2.45) is 0 Å². The molecule has 0 radical (unpaired) electrons. The molecule has 0 aliphatic carbocycles. The van der Waals surface area contributed by atoms with E-state index in [4.69, 9.17) is 14.2 Å². The predicted octanol–water partition coefficient (Wildman–Crippen LogP) is 4.82. The van der Waals surface area contributed by atoms with Gasteiger partial charge in [0.25, 0.3) is 0 Å². The van der Waals surface area contributed by atoms with Crippen LogP contribution in [0.5, 0.6) is 11.5 Å². The van der Waals surface area contributed by atoms with Gasteiger partial charge in [0.1, 0.15) is 24.2 Å². The SMILES string of the molecule is CCC(CNc1ccccc1OCC1CCCO1)Oc1ccc(C)cc1. The number of ether oxygens (including phenoxy) is 3. The van der Waals surface area contributed by atoms with Crippen LogP contribution in [0.25, 0.3) is 0 Å². The second-order valence-electron chi connectivity index (χ2n) is 6.78. The number of nitrogens with one attached hydrogen (secondary N) is 1. The van der Waals surface area contributed by atoms with Gasteiger partial charge in [-0.05, 0) is 50.5 Å². The minimum absolute atomic E-state index is 0.101. The molecule has 1 aliphatic rings. The van der Waals surface area contributed by atoms with Crippen LogP contribution >= 0.6 is 0 Å². The molecule has 0 aromatic heterocycles. The van der Waals surface area contributed by atoms with Crippen LogP contribution in [0.1, 0.15) is 31.7 Å². The summed E-state index contributed by atoms with van der Waals surface area (Å²) in [6, 6.07) is 16.3. The third kappa shape index (κ3) is 5.40. The Morgan fingerprint density at radius 2 is 1.96 bits per heavy atom. The first kappa shape index (κ1) is 18.6. The highest BCUT2D eigenvalue weighted by atomic mass is 16.5. The molecule has 4 heteroatoms. The summed E-state index contributed by atoms with van der Waals surface area (Å²) in [5, 5.41) is 3.48. The van der Waals surface area contributed by atoms with Gasteiger partial charge < -0.3 is 19.5 Å². The predicted molar refractivity (Wildman–Crippen MR) is 105 cm³/mol. The van der Waals surface area contributed by atoms with Crippen LogP contribution in [0.3, 0.4) is 0 Å². The van der Waals surface area contributed by atoms with Crippen LogP contribution in [0.2, 0.25) is 0 Å². The molecule has 0 amide bonds. The maximum Gasteiger partial charge on any atom is 0.142 e. The maximum absolute atomic E-state index is 6.10. The molecule has 1 N–H and O–H groups in total. The van der Waals surface area contributed by atoms with Crippen molar-refractivity contribution in [1.82, 2.24) is 0 Å². The highest BCUT2D eigenvalue weighted by molar-refractivity contribution is 5.56. The van der Waals surface area contributed by atoms with Crippen LogP contribution in [0.4, 0.5) is 5.69 Å². The summed E-state index contributed by atoms with van der Waals surface area (Å²) in [4.78, 5) is 0. The summed E-state index contributed by atoms with van der Waals surface area (Å²) < 4.78 is 17.7. The van der Waals surface area contributed by atoms with Gasteiger partial charge in [-0.1, -0.05) is 36.8 Å². The fourth-order valence-electron chi connectivity index (χ4n) is 3.00. The van der Waals surface area contributed by atoms with Gasteiger partial charge in [0, 0.05) is 6.61 Å². The molecule has 26 heavy (non-hydrogen) atoms. The van der Waals surface area contributed by atoms with Crippen LogP contribution in [-0.4, -0.2) is 32.0 Å². The summed E-state index contributed by atoms with van der Waals surface area (Å²) in [5.41, 5.74) is 2.23. The summed E-state index contributed by atoms with van der Waals surface area (Å²) in [6.07, 6.45) is 3.46. The molecular formula is C22H29NO3. The van der Waals surface area contributed by atoms with Crippen LogP contribution < -0.4 is 14.8 Å². The van der Waals surface area contributed by atoms with E-state index in [1.54, 1.807) is 0 Å². The Morgan fingerprint density at radius 3 is 2.69 bits per heavy atom. The van der Waals surface area contributed by atoms with Gasteiger partial charge in [-0.2, -0.15) is 0 Å².